The number of hydrogen-bond acceptors (Lipinski definition) is 4. The molecular weight excluding hydrogens is 433 g/mol. The number of anilines is 3. The maximum Gasteiger partial charge on any atom is 0.323 e. The number of benzene rings is 2. The monoisotopic (exact) mass is 457 g/mol. The Morgan fingerprint density at radius 3 is 2.44 bits per heavy atom. The number of nitrogen functional groups attached to an aromatic ring is 1. The minimum absolute atomic E-state index is 0.0818. The van der Waals surface area contributed by atoms with Crippen LogP contribution in [0.3, 0.4) is 0 Å². The number of rotatable bonds is 4. The van der Waals surface area contributed by atoms with Gasteiger partial charge in [-0.3, -0.25) is 4.79 Å². The van der Waals surface area contributed by atoms with Crippen molar-refractivity contribution in [3.63, 3.8) is 0 Å². The predicted octanol–water partition coefficient (Wildman–Crippen LogP) is 4.37. The third kappa shape index (κ3) is 5.96. The van der Waals surface area contributed by atoms with Gasteiger partial charge >= 0.3 is 6.03 Å². The number of amides is 3. The first-order chi connectivity index (χ1) is 15.0. The molecule has 0 aliphatic rings. The third-order valence-corrected chi connectivity index (χ3v) is 5.00. The van der Waals surface area contributed by atoms with Gasteiger partial charge in [-0.05, 0) is 60.9 Å². The largest absolute Gasteiger partial charge is 0.383 e. The molecule has 10 heteroatoms. The number of halogens is 1. The first-order valence-corrected chi connectivity index (χ1v) is 12.2. The van der Waals surface area contributed by atoms with E-state index in [1.807, 2.05) is 0 Å². The highest BCUT2D eigenvalue weighted by Crippen LogP contribution is 2.27. The van der Waals surface area contributed by atoms with E-state index in [9.17, 15) is 18.5 Å². The Balaban J connectivity index is 1.77. The van der Waals surface area contributed by atoms with Gasteiger partial charge in [0.15, 0.2) is 0 Å². The first-order valence-electron chi connectivity index (χ1n) is 9.56. The van der Waals surface area contributed by atoms with Gasteiger partial charge in [-0.1, -0.05) is 18.2 Å². The highest BCUT2D eigenvalue weighted by molar-refractivity contribution is 7.98. The zero-order valence-electron chi connectivity index (χ0n) is 17.8. The van der Waals surface area contributed by atoms with Crippen LogP contribution in [-0.2, 0) is 10.1 Å². The van der Waals surface area contributed by atoms with Gasteiger partial charge in [0.2, 0.25) is 0 Å². The predicted molar refractivity (Wildman–Crippen MR) is 128 cm³/mol. The average Bonchev–Trinajstić information content (AvgIpc) is 2.70. The summed E-state index contributed by atoms with van der Waals surface area (Å²) in [7, 11) is -2.64. The number of thiol groups is 1. The van der Waals surface area contributed by atoms with Crippen LogP contribution in [0, 0.1) is 12.7 Å². The summed E-state index contributed by atoms with van der Waals surface area (Å²) < 4.78 is 27.5. The molecule has 0 aliphatic heterocycles. The van der Waals surface area contributed by atoms with Crippen molar-refractivity contribution in [2.45, 2.75) is 6.92 Å². The summed E-state index contributed by atoms with van der Waals surface area (Å²) in [5.41, 5.74) is 8.72. The van der Waals surface area contributed by atoms with E-state index in [-0.39, 0.29) is 17.1 Å². The summed E-state index contributed by atoms with van der Waals surface area (Å²) >= 11 is 0. The Labute approximate surface area is 186 Å². The quantitative estimate of drug-likeness (QED) is 0.372. The van der Waals surface area contributed by atoms with Crippen molar-refractivity contribution in [3.8, 4) is 11.1 Å². The minimum Gasteiger partial charge on any atom is -0.383 e. The second-order valence-electron chi connectivity index (χ2n) is 7.54. The smallest absolute Gasteiger partial charge is 0.323 e. The topological polar surface area (TPSA) is 130 Å². The molecule has 0 saturated heterocycles. The summed E-state index contributed by atoms with van der Waals surface area (Å²) in [4.78, 5) is 28.5. The molecule has 0 aliphatic carbocycles. The second-order valence-corrected chi connectivity index (χ2v) is 10.4. The molecule has 2 aromatic carbocycles. The van der Waals surface area contributed by atoms with Gasteiger partial charge in [0, 0.05) is 17.4 Å². The van der Waals surface area contributed by atoms with Crippen LogP contribution in [0.25, 0.3) is 11.1 Å². The number of nitrogens with zero attached hydrogens (tertiary/aromatic N) is 2. The maximum atomic E-state index is 13.8. The van der Waals surface area contributed by atoms with Crippen molar-refractivity contribution in [1.82, 2.24) is 4.98 Å². The first kappa shape index (κ1) is 23.0. The van der Waals surface area contributed by atoms with E-state index in [1.54, 1.807) is 43.3 Å². The third-order valence-electron chi connectivity index (χ3n) is 4.32. The Hall–Kier alpha value is -3.63. The van der Waals surface area contributed by atoms with Gasteiger partial charge in [-0.25, -0.2) is 14.2 Å². The number of aryl methyl sites for hydroxylation is 1. The fourth-order valence-electron chi connectivity index (χ4n) is 2.86. The highest BCUT2D eigenvalue weighted by atomic mass is 32.3. The van der Waals surface area contributed by atoms with Crippen LogP contribution >= 0.6 is 0 Å². The molecule has 0 bridgehead atoms. The van der Waals surface area contributed by atoms with E-state index in [0.29, 0.717) is 16.8 Å². The normalized spacial score (nSPS) is 11.5. The van der Waals surface area contributed by atoms with Crippen molar-refractivity contribution in [2.24, 2.45) is 4.36 Å². The van der Waals surface area contributed by atoms with E-state index in [4.69, 9.17) is 5.73 Å². The van der Waals surface area contributed by atoms with Crippen LogP contribution in [0.2, 0.25) is 0 Å². The molecule has 3 rings (SSSR count). The molecule has 168 valence electrons. The molecule has 0 atom stereocenters. The van der Waals surface area contributed by atoms with Gasteiger partial charge in [0.05, 0.1) is 11.3 Å². The molecule has 3 aromatic rings. The zero-order valence-corrected chi connectivity index (χ0v) is 18.7. The molecule has 5 N–H and O–H groups in total. The lowest BCUT2D eigenvalue weighted by molar-refractivity contribution is 0.100. The maximum absolute atomic E-state index is 13.8. The zero-order chi connectivity index (χ0) is 23.5. The van der Waals surface area contributed by atoms with Gasteiger partial charge in [0.1, 0.15) is 11.6 Å². The number of nitrogens with one attached hydrogen (secondary N) is 2. The van der Waals surface area contributed by atoms with Crippen LogP contribution in [0.15, 0.2) is 59.1 Å². The summed E-state index contributed by atoms with van der Waals surface area (Å²) in [6, 6.07) is 12.1. The van der Waals surface area contributed by atoms with Crippen molar-refractivity contribution in [1.29, 1.82) is 0 Å². The molecule has 0 spiro atoms. The SMILES string of the molecule is Cc1ccc(F)c(NC(=O)Nc2ccc(-c3cc(C(=O)N=[SH](C)(C)O)cnc3N)cc2)c1. The number of carbonyl (C=O) groups is 2. The van der Waals surface area contributed by atoms with E-state index in [1.165, 1.54) is 30.8 Å². The van der Waals surface area contributed by atoms with Crippen LogP contribution in [0.1, 0.15) is 15.9 Å². The molecule has 8 nitrogen and oxygen atoms in total. The minimum atomic E-state index is -2.64. The Kier molecular flexibility index (Phi) is 6.66. The van der Waals surface area contributed by atoms with E-state index in [0.717, 1.165) is 5.56 Å². The summed E-state index contributed by atoms with van der Waals surface area (Å²) in [6.45, 7) is 1.80. The van der Waals surface area contributed by atoms with Crippen LogP contribution < -0.4 is 16.4 Å². The number of pyridine rings is 1. The van der Waals surface area contributed by atoms with E-state index >= 15 is 0 Å². The van der Waals surface area contributed by atoms with Gasteiger partial charge in [-0.2, -0.15) is 4.36 Å². The molecule has 3 amide bonds. The van der Waals surface area contributed by atoms with Crippen molar-refractivity contribution >= 4 is 39.2 Å². The van der Waals surface area contributed by atoms with Gasteiger partial charge in [0.25, 0.3) is 5.91 Å². The Morgan fingerprint density at radius 1 is 1.09 bits per heavy atom. The van der Waals surface area contributed by atoms with Crippen molar-refractivity contribution in [3.05, 3.63) is 71.7 Å². The molecule has 0 saturated carbocycles. The summed E-state index contributed by atoms with van der Waals surface area (Å²) in [5.74, 6) is -0.886. The van der Waals surface area contributed by atoms with Gasteiger partial charge < -0.3 is 20.9 Å². The van der Waals surface area contributed by atoms with Crippen LogP contribution in [0.4, 0.5) is 26.4 Å². The Bertz CT molecular complexity index is 1230. The number of carbonyl (C=O) groups excluding carboxylic acids is 2. The molecule has 1 heterocycles. The molecule has 0 fully saturated rings. The summed E-state index contributed by atoms with van der Waals surface area (Å²) in [5, 5.41) is 5.10. The molecule has 0 radical (unpaired) electrons. The standard InChI is InChI=1S/C22H24FN5O3S/c1-13-4-9-18(23)19(10-13)27-22(30)26-16-7-5-14(6-8-16)17-11-15(12-25-20(17)24)21(29)28-32(2,3)31/h4-12,32H,1-3H3,(H2,24,25)(H2,26,27,30)(H,28,29,31). The lowest BCUT2D eigenvalue weighted by Crippen LogP contribution is -2.20. The lowest BCUT2D eigenvalue weighted by Gasteiger charge is -2.12. The van der Waals surface area contributed by atoms with E-state index < -0.39 is 27.9 Å². The fourth-order valence-corrected chi connectivity index (χ4v) is 3.42. The average molecular weight is 458 g/mol. The molecule has 0 unspecified atom stereocenters. The van der Waals surface area contributed by atoms with Crippen LogP contribution in [0.5, 0.6) is 0 Å². The van der Waals surface area contributed by atoms with E-state index in [2.05, 4.69) is 20.0 Å². The second kappa shape index (κ2) is 9.25. The molecular formula is C22H24FN5O3S. The number of aromatic nitrogens is 1. The van der Waals surface area contributed by atoms with Crippen LogP contribution in [-0.4, -0.2) is 34.0 Å². The lowest BCUT2D eigenvalue weighted by atomic mass is 10.0. The molecule has 1 aromatic heterocycles. The molecule has 32 heavy (non-hydrogen) atoms. The number of urea groups is 1. The number of hydrogen-bond donors (Lipinski definition) is 5. The van der Waals surface area contributed by atoms with Crippen molar-refractivity contribution in [2.75, 3.05) is 28.9 Å². The number of nitrogens with two attached hydrogens (primary N) is 1. The highest BCUT2D eigenvalue weighted by Gasteiger charge is 2.12. The van der Waals surface area contributed by atoms with Gasteiger partial charge in [-0.15, -0.1) is 10.1 Å². The summed E-state index contributed by atoms with van der Waals surface area (Å²) in [6.07, 6.45) is 4.32. The fraction of sp³-hybridized carbons (Fsp3) is 0.136. The van der Waals surface area contributed by atoms with Crippen molar-refractivity contribution < 1.29 is 18.5 Å². The Morgan fingerprint density at radius 2 is 1.78 bits per heavy atom.